The van der Waals surface area contributed by atoms with E-state index in [1.165, 1.54) is 12.1 Å². The molecule has 0 bridgehead atoms. The van der Waals surface area contributed by atoms with E-state index in [4.69, 9.17) is 4.74 Å². The fraction of sp³-hybridized carbons (Fsp3) is 0.300. The lowest BCUT2D eigenvalue weighted by molar-refractivity contribution is -0.118. The van der Waals surface area contributed by atoms with Gasteiger partial charge in [-0.15, -0.1) is 0 Å². The Morgan fingerprint density at radius 2 is 1.92 bits per heavy atom. The molecule has 130 valence electrons. The maximum absolute atomic E-state index is 12.9. The summed E-state index contributed by atoms with van der Waals surface area (Å²) in [5.41, 5.74) is 3.28. The lowest BCUT2D eigenvalue weighted by Gasteiger charge is -2.16. The smallest absolute Gasteiger partial charge is 0.338 e. The van der Waals surface area contributed by atoms with E-state index in [1.807, 2.05) is 13.0 Å². The van der Waals surface area contributed by atoms with E-state index in [1.54, 1.807) is 29.2 Å². The van der Waals surface area contributed by atoms with Crippen molar-refractivity contribution in [3.05, 3.63) is 65.0 Å². The molecule has 0 aliphatic carbocycles. The Morgan fingerprint density at radius 1 is 1.16 bits per heavy atom. The van der Waals surface area contributed by atoms with Crippen LogP contribution in [0.5, 0.6) is 0 Å². The molecule has 1 heterocycles. The molecule has 0 fully saturated rings. The van der Waals surface area contributed by atoms with Crippen LogP contribution >= 0.6 is 0 Å². The first kappa shape index (κ1) is 17.1. The summed E-state index contributed by atoms with van der Waals surface area (Å²) in [5.74, 6) is -0.576. The number of carbonyl (C=O) groups excluding carboxylic acids is 2. The highest BCUT2D eigenvalue weighted by molar-refractivity contribution is 5.97. The van der Waals surface area contributed by atoms with Crippen LogP contribution < -0.4 is 4.90 Å². The summed E-state index contributed by atoms with van der Waals surface area (Å²) in [7, 11) is 0. The molecule has 0 radical (unpaired) electrons. The molecule has 0 atom stereocenters. The summed E-state index contributed by atoms with van der Waals surface area (Å²) >= 11 is 0. The average molecular weight is 341 g/mol. The zero-order chi connectivity index (χ0) is 17.8. The SMILES string of the molecule is CCC(=O)N1CCc2cc(C(=O)OCCc3ccc(F)cc3)ccc21. The molecular formula is C20H20FNO3. The van der Waals surface area contributed by atoms with Crippen LogP contribution in [0, 0.1) is 5.82 Å². The van der Waals surface area contributed by atoms with Crippen LogP contribution in [0.2, 0.25) is 0 Å². The van der Waals surface area contributed by atoms with Gasteiger partial charge in [-0.25, -0.2) is 9.18 Å². The Bertz CT molecular complexity index is 786. The highest BCUT2D eigenvalue weighted by atomic mass is 19.1. The zero-order valence-corrected chi connectivity index (χ0v) is 14.1. The van der Waals surface area contributed by atoms with Gasteiger partial charge in [0.05, 0.1) is 12.2 Å². The Hall–Kier alpha value is -2.69. The average Bonchev–Trinajstić information content (AvgIpc) is 3.05. The van der Waals surface area contributed by atoms with Crippen molar-refractivity contribution in [3.63, 3.8) is 0 Å². The minimum Gasteiger partial charge on any atom is -0.462 e. The first-order valence-electron chi connectivity index (χ1n) is 8.43. The van der Waals surface area contributed by atoms with Gasteiger partial charge in [0.1, 0.15) is 5.82 Å². The number of amides is 1. The lowest BCUT2D eigenvalue weighted by atomic mass is 10.1. The maximum atomic E-state index is 12.9. The lowest BCUT2D eigenvalue weighted by Crippen LogP contribution is -2.27. The Balaban J connectivity index is 1.60. The topological polar surface area (TPSA) is 46.6 Å². The summed E-state index contributed by atoms with van der Waals surface area (Å²) in [6.07, 6.45) is 1.75. The van der Waals surface area contributed by atoms with Crippen molar-refractivity contribution >= 4 is 17.6 Å². The number of ether oxygens (including phenoxy) is 1. The van der Waals surface area contributed by atoms with Crippen molar-refractivity contribution in [2.75, 3.05) is 18.1 Å². The minimum absolute atomic E-state index is 0.0911. The highest BCUT2D eigenvalue weighted by Gasteiger charge is 2.24. The molecule has 1 aliphatic rings. The summed E-state index contributed by atoms with van der Waals surface area (Å²) < 4.78 is 18.2. The zero-order valence-electron chi connectivity index (χ0n) is 14.1. The largest absolute Gasteiger partial charge is 0.462 e. The van der Waals surface area contributed by atoms with Gasteiger partial charge in [-0.1, -0.05) is 19.1 Å². The second-order valence-corrected chi connectivity index (χ2v) is 6.00. The molecule has 1 aliphatic heterocycles. The molecule has 3 rings (SSSR count). The van der Waals surface area contributed by atoms with E-state index < -0.39 is 0 Å². The van der Waals surface area contributed by atoms with E-state index in [0.717, 1.165) is 23.2 Å². The number of hydrogen-bond acceptors (Lipinski definition) is 3. The number of esters is 1. The molecule has 2 aromatic carbocycles. The van der Waals surface area contributed by atoms with Crippen LogP contribution in [-0.4, -0.2) is 25.0 Å². The Labute approximate surface area is 146 Å². The number of hydrogen-bond donors (Lipinski definition) is 0. The van der Waals surface area contributed by atoms with E-state index in [-0.39, 0.29) is 24.3 Å². The van der Waals surface area contributed by atoms with Crippen molar-refractivity contribution in [2.45, 2.75) is 26.2 Å². The van der Waals surface area contributed by atoms with E-state index in [0.29, 0.717) is 24.9 Å². The quantitative estimate of drug-likeness (QED) is 0.782. The molecule has 0 aromatic heterocycles. The fourth-order valence-corrected chi connectivity index (χ4v) is 2.97. The van der Waals surface area contributed by atoms with E-state index >= 15 is 0 Å². The summed E-state index contributed by atoms with van der Waals surface area (Å²) in [6.45, 7) is 2.74. The summed E-state index contributed by atoms with van der Waals surface area (Å²) in [5, 5.41) is 0. The maximum Gasteiger partial charge on any atom is 0.338 e. The highest BCUT2D eigenvalue weighted by Crippen LogP contribution is 2.29. The van der Waals surface area contributed by atoms with Gasteiger partial charge in [0.2, 0.25) is 5.91 Å². The molecule has 0 saturated heterocycles. The number of halogens is 1. The van der Waals surface area contributed by atoms with Gasteiger partial charge in [-0.3, -0.25) is 4.79 Å². The van der Waals surface area contributed by atoms with Crippen LogP contribution in [0.1, 0.15) is 34.8 Å². The second-order valence-electron chi connectivity index (χ2n) is 6.00. The van der Waals surface area contributed by atoms with Gasteiger partial charge < -0.3 is 9.64 Å². The van der Waals surface area contributed by atoms with Gasteiger partial charge in [-0.2, -0.15) is 0 Å². The first-order chi connectivity index (χ1) is 12.1. The van der Waals surface area contributed by atoms with Crippen LogP contribution in [0.4, 0.5) is 10.1 Å². The first-order valence-corrected chi connectivity index (χ1v) is 8.43. The Kier molecular flexibility index (Phi) is 5.12. The summed E-state index contributed by atoms with van der Waals surface area (Å²) in [4.78, 5) is 25.9. The van der Waals surface area contributed by atoms with Gasteiger partial charge in [-0.05, 0) is 47.9 Å². The van der Waals surface area contributed by atoms with Crippen molar-refractivity contribution in [2.24, 2.45) is 0 Å². The molecule has 2 aromatic rings. The predicted molar refractivity (Wildman–Crippen MR) is 93.2 cm³/mol. The molecule has 0 saturated carbocycles. The van der Waals surface area contributed by atoms with Gasteiger partial charge in [0.15, 0.2) is 0 Å². The molecule has 1 amide bonds. The second kappa shape index (κ2) is 7.47. The van der Waals surface area contributed by atoms with Crippen molar-refractivity contribution in [3.8, 4) is 0 Å². The van der Waals surface area contributed by atoms with Crippen LogP contribution in [-0.2, 0) is 22.4 Å². The molecule has 0 spiro atoms. The van der Waals surface area contributed by atoms with Crippen molar-refractivity contribution in [1.82, 2.24) is 0 Å². The van der Waals surface area contributed by atoms with Crippen LogP contribution in [0.3, 0.4) is 0 Å². The third-order valence-corrected chi connectivity index (χ3v) is 4.35. The molecule has 25 heavy (non-hydrogen) atoms. The number of benzene rings is 2. The van der Waals surface area contributed by atoms with Gasteiger partial charge in [0.25, 0.3) is 0 Å². The van der Waals surface area contributed by atoms with Crippen LogP contribution in [0.15, 0.2) is 42.5 Å². The van der Waals surface area contributed by atoms with E-state index in [9.17, 15) is 14.0 Å². The molecule has 4 nitrogen and oxygen atoms in total. The number of anilines is 1. The number of nitrogens with zero attached hydrogens (tertiary/aromatic N) is 1. The molecule has 0 N–H and O–H groups in total. The number of rotatable bonds is 5. The monoisotopic (exact) mass is 341 g/mol. The predicted octanol–water partition coefficient (Wildman–Crippen LogP) is 3.52. The van der Waals surface area contributed by atoms with Gasteiger partial charge >= 0.3 is 5.97 Å². The molecule has 5 heteroatoms. The third kappa shape index (κ3) is 3.87. The van der Waals surface area contributed by atoms with Gasteiger partial charge in [0, 0.05) is 25.1 Å². The normalized spacial score (nSPS) is 12.8. The number of carbonyl (C=O) groups is 2. The Morgan fingerprint density at radius 3 is 2.64 bits per heavy atom. The minimum atomic E-state index is -0.384. The van der Waals surface area contributed by atoms with Crippen molar-refractivity contribution < 1.29 is 18.7 Å². The van der Waals surface area contributed by atoms with Crippen LogP contribution in [0.25, 0.3) is 0 Å². The molecule has 0 unspecified atom stereocenters. The third-order valence-electron chi connectivity index (χ3n) is 4.35. The fourth-order valence-electron chi connectivity index (χ4n) is 2.97. The van der Waals surface area contributed by atoms with E-state index in [2.05, 4.69) is 0 Å². The number of fused-ring (bicyclic) bond motifs is 1. The standard InChI is InChI=1S/C20H20FNO3/c1-2-19(23)22-11-9-15-13-16(5-8-18(15)22)20(24)25-12-10-14-3-6-17(21)7-4-14/h3-8,13H,2,9-12H2,1H3. The summed E-state index contributed by atoms with van der Waals surface area (Å²) in [6, 6.07) is 11.4. The molecular weight excluding hydrogens is 321 g/mol. The van der Waals surface area contributed by atoms with Crippen molar-refractivity contribution in [1.29, 1.82) is 0 Å².